The highest BCUT2D eigenvalue weighted by molar-refractivity contribution is 7.80. The lowest BCUT2D eigenvalue weighted by Crippen LogP contribution is -2.29. The number of hydrogen-bond donors (Lipinski definition) is 1. The number of methoxy groups -OCH3 is 1. The molecule has 2 aliphatic heterocycles. The molecule has 1 saturated heterocycles. The van der Waals surface area contributed by atoms with E-state index >= 15 is 0 Å². The van der Waals surface area contributed by atoms with Crippen LogP contribution in [0, 0.1) is 13.8 Å². The molecule has 1 N–H and O–H groups in total. The van der Waals surface area contributed by atoms with Crippen molar-refractivity contribution in [1.29, 1.82) is 0 Å². The maximum Gasteiger partial charge on any atom is 0.337 e. The van der Waals surface area contributed by atoms with Crippen LogP contribution in [-0.2, 0) is 4.74 Å². The highest BCUT2D eigenvalue weighted by atomic mass is 32.1. The van der Waals surface area contributed by atoms with E-state index in [0.717, 1.165) is 39.8 Å². The van der Waals surface area contributed by atoms with Crippen LogP contribution in [-0.4, -0.2) is 34.5 Å². The average Bonchev–Trinajstić information content (AvgIpc) is 3.63. The summed E-state index contributed by atoms with van der Waals surface area (Å²) in [7, 11) is 1.38. The molecule has 2 aromatic heterocycles. The molecule has 2 aliphatic rings. The van der Waals surface area contributed by atoms with E-state index in [0.29, 0.717) is 16.4 Å². The summed E-state index contributed by atoms with van der Waals surface area (Å²) in [4.78, 5) is 18.7. The van der Waals surface area contributed by atoms with Crippen LogP contribution < -0.4 is 19.7 Å². The number of benzene rings is 2. The Labute approximate surface area is 225 Å². The standard InChI is InChI=1S/C29H26N4O4S/c1-17-14-22(18(2)32(17)20-9-7-19(8-10-20)28(34)35-3)27-26(23-6-4-5-13-30-23)31-29(38)33(27)21-11-12-24-25(15-21)37-16-36-24/h4-15,26-27H,16H2,1-3H3,(H,31,38)/t26-,27+/m0/s1. The summed E-state index contributed by atoms with van der Waals surface area (Å²) >= 11 is 5.90. The number of aromatic nitrogens is 2. The third kappa shape index (κ3) is 3.95. The third-order valence-corrected chi connectivity index (χ3v) is 7.38. The van der Waals surface area contributed by atoms with Crippen molar-refractivity contribution in [2.24, 2.45) is 0 Å². The number of aryl methyl sites for hydroxylation is 1. The first kappa shape index (κ1) is 24.0. The SMILES string of the molecule is COC(=O)c1ccc(-n2c(C)cc([C@@H]3[C@H](c4ccccn4)NC(=S)N3c3ccc4c(c3)OCO4)c2C)cc1. The summed E-state index contributed by atoms with van der Waals surface area (Å²) in [6.45, 7) is 4.38. The lowest BCUT2D eigenvalue weighted by molar-refractivity contribution is 0.0600. The zero-order chi connectivity index (χ0) is 26.4. The zero-order valence-electron chi connectivity index (χ0n) is 21.2. The quantitative estimate of drug-likeness (QED) is 0.282. The van der Waals surface area contributed by atoms with Gasteiger partial charge in [0, 0.05) is 35.0 Å². The Bertz CT molecular complexity index is 1530. The third-order valence-electron chi connectivity index (χ3n) is 7.07. The van der Waals surface area contributed by atoms with Crippen molar-refractivity contribution in [1.82, 2.24) is 14.9 Å². The molecule has 0 spiro atoms. The van der Waals surface area contributed by atoms with E-state index < -0.39 is 0 Å². The minimum atomic E-state index is -0.360. The predicted octanol–water partition coefficient (Wildman–Crippen LogP) is 5.18. The van der Waals surface area contributed by atoms with Crippen LogP contribution in [0.15, 0.2) is 72.9 Å². The number of esters is 1. The van der Waals surface area contributed by atoms with Gasteiger partial charge in [0.25, 0.3) is 0 Å². The van der Waals surface area contributed by atoms with Crippen molar-refractivity contribution < 1.29 is 19.0 Å². The number of pyridine rings is 1. The smallest absolute Gasteiger partial charge is 0.337 e. The Morgan fingerprint density at radius 2 is 1.79 bits per heavy atom. The van der Waals surface area contributed by atoms with Gasteiger partial charge in [-0.1, -0.05) is 6.07 Å². The molecule has 4 heterocycles. The molecule has 0 amide bonds. The van der Waals surface area contributed by atoms with E-state index in [9.17, 15) is 4.79 Å². The Morgan fingerprint density at radius 1 is 1.03 bits per heavy atom. The largest absolute Gasteiger partial charge is 0.465 e. The van der Waals surface area contributed by atoms with Crippen molar-refractivity contribution in [3.05, 3.63) is 101 Å². The lowest BCUT2D eigenvalue weighted by atomic mass is 9.96. The topological polar surface area (TPSA) is 77.9 Å². The normalized spacial score (nSPS) is 18.0. The summed E-state index contributed by atoms with van der Waals surface area (Å²) in [5, 5.41) is 4.13. The van der Waals surface area contributed by atoms with E-state index in [4.69, 9.17) is 26.4 Å². The second kappa shape index (κ2) is 9.50. The fourth-order valence-electron chi connectivity index (χ4n) is 5.33. The summed E-state index contributed by atoms with van der Waals surface area (Å²) in [6.07, 6.45) is 1.80. The van der Waals surface area contributed by atoms with Gasteiger partial charge in [-0.3, -0.25) is 4.98 Å². The zero-order valence-corrected chi connectivity index (χ0v) is 22.0. The Balaban J connectivity index is 1.47. The van der Waals surface area contributed by atoms with Crippen LogP contribution in [0.25, 0.3) is 5.69 Å². The van der Waals surface area contributed by atoms with Gasteiger partial charge in [-0.05, 0) is 86.2 Å². The van der Waals surface area contributed by atoms with Gasteiger partial charge in [0.05, 0.1) is 30.5 Å². The summed E-state index contributed by atoms with van der Waals surface area (Å²) < 4.78 is 18.2. The fraction of sp³-hybridized carbons (Fsp3) is 0.207. The molecule has 1 fully saturated rings. The van der Waals surface area contributed by atoms with Crippen LogP contribution in [0.3, 0.4) is 0 Å². The Kier molecular flexibility index (Phi) is 6.00. The van der Waals surface area contributed by atoms with Crippen molar-refractivity contribution in [3.8, 4) is 17.2 Å². The predicted molar refractivity (Wildman–Crippen MR) is 147 cm³/mol. The van der Waals surface area contributed by atoms with Gasteiger partial charge in [0.15, 0.2) is 16.6 Å². The first-order valence-electron chi connectivity index (χ1n) is 12.2. The van der Waals surface area contributed by atoms with Gasteiger partial charge in [0.2, 0.25) is 6.79 Å². The average molecular weight is 527 g/mol. The van der Waals surface area contributed by atoms with Crippen molar-refractivity contribution in [2.75, 3.05) is 18.8 Å². The number of carbonyl (C=O) groups excluding carboxylic acids is 1. The molecule has 0 unspecified atom stereocenters. The molecule has 9 heteroatoms. The minimum Gasteiger partial charge on any atom is -0.465 e. The number of rotatable bonds is 5. The van der Waals surface area contributed by atoms with E-state index in [1.54, 1.807) is 18.3 Å². The van der Waals surface area contributed by atoms with Gasteiger partial charge in [-0.25, -0.2) is 4.79 Å². The second-order valence-corrected chi connectivity index (χ2v) is 9.62. The maximum atomic E-state index is 11.9. The molecular formula is C29H26N4O4S. The molecule has 38 heavy (non-hydrogen) atoms. The monoisotopic (exact) mass is 526 g/mol. The lowest BCUT2D eigenvalue weighted by Gasteiger charge is -2.28. The van der Waals surface area contributed by atoms with Gasteiger partial charge in [-0.2, -0.15) is 0 Å². The van der Waals surface area contributed by atoms with Gasteiger partial charge in [0.1, 0.15) is 0 Å². The molecule has 2 aromatic carbocycles. The van der Waals surface area contributed by atoms with Crippen LogP contribution in [0.1, 0.15) is 45.1 Å². The Morgan fingerprint density at radius 3 is 2.53 bits per heavy atom. The number of anilines is 1. The van der Waals surface area contributed by atoms with Crippen molar-refractivity contribution in [2.45, 2.75) is 25.9 Å². The van der Waals surface area contributed by atoms with E-state index in [1.165, 1.54) is 7.11 Å². The fourth-order valence-corrected chi connectivity index (χ4v) is 5.68. The van der Waals surface area contributed by atoms with E-state index in [1.807, 2.05) is 48.5 Å². The first-order valence-corrected chi connectivity index (χ1v) is 12.6. The molecule has 0 bridgehead atoms. The highest BCUT2D eigenvalue weighted by Crippen LogP contribution is 2.46. The summed E-state index contributed by atoms with van der Waals surface area (Å²) in [5.41, 5.74) is 6.51. The molecule has 8 nitrogen and oxygen atoms in total. The number of ether oxygens (including phenoxy) is 3. The molecule has 0 radical (unpaired) electrons. The van der Waals surface area contributed by atoms with Crippen LogP contribution in [0.2, 0.25) is 0 Å². The maximum absolute atomic E-state index is 11.9. The number of thiocarbonyl (C=S) groups is 1. The first-order chi connectivity index (χ1) is 18.5. The van der Waals surface area contributed by atoms with Crippen molar-refractivity contribution in [3.63, 3.8) is 0 Å². The number of nitrogens with one attached hydrogen (secondary N) is 1. The minimum absolute atomic E-state index is 0.174. The second-order valence-electron chi connectivity index (χ2n) is 9.23. The number of carbonyl (C=O) groups is 1. The van der Waals surface area contributed by atoms with Crippen LogP contribution in [0.4, 0.5) is 5.69 Å². The molecule has 6 rings (SSSR count). The molecule has 4 aromatic rings. The molecule has 0 saturated carbocycles. The van der Waals surface area contributed by atoms with E-state index in [-0.39, 0.29) is 24.8 Å². The summed E-state index contributed by atoms with van der Waals surface area (Å²) in [6, 6.07) is 21.1. The highest BCUT2D eigenvalue weighted by Gasteiger charge is 2.42. The number of fused-ring (bicyclic) bond motifs is 1. The number of nitrogens with zero attached hydrogens (tertiary/aromatic N) is 3. The van der Waals surface area contributed by atoms with Crippen LogP contribution in [0.5, 0.6) is 11.5 Å². The summed E-state index contributed by atoms with van der Waals surface area (Å²) in [5.74, 6) is 1.06. The molecule has 192 valence electrons. The van der Waals surface area contributed by atoms with E-state index in [2.05, 4.69) is 39.7 Å². The molecule has 0 aliphatic carbocycles. The Hall–Kier alpha value is -4.37. The molecule has 2 atom stereocenters. The van der Waals surface area contributed by atoms with Gasteiger partial charge in [-0.15, -0.1) is 0 Å². The van der Waals surface area contributed by atoms with Crippen molar-refractivity contribution >= 4 is 29.0 Å². The number of hydrogen-bond acceptors (Lipinski definition) is 6. The van der Waals surface area contributed by atoms with Crippen LogP contribution >= 0.6 is 12.2 Å². The molecular weight excluding hydrogens is 500 g/mol. The van der Waals surface area contributed by atoms with Gasteiger partial charge < -0.3 is 29.0 Å². The van der Waals surface area contributed by atoms with Gasteiger partial charge >= 0.3 is 5.97 Å².